The maximum Gasteiger partial charge on any atom is 0.343 e. The molecule has 3 nitrogen and oxygen atoms in total. The number of fused-ring (bicyclic) bond motifs is 1. The molecule has 2 N–H and O–H groups in total. The van der Waals surface area contributed by atoms with Gasteiger partial charge in [0.25, 0.3) is 0 Å². The zero-order chi connectivity index (χ0) is 14.1. The van der Waals surface area contributed by atoms with Gasteiger partial charge in [0.2, 0.25) is 0 Å². The SMILES string of the molecule is Cc1cc(C(=O)Oc2cccc3c2CCC3)ccc1N. The Morgan fingerprint density at radius 3 is 2.85 bits per heavy atom. The molecule has 0 amide bonds. The summed E-state index contributed by atoms with van der Waals surface area (Å²) in [4.78, 5) is 12.2. The van der Waals surface area contributed by atoms with Crippen LogP contribution in [0.2, 0.25) is 0 Å². The molecule has 0 fully saturated rings. The Labute approximate surface area is 118 Å². The van der Waals surface area contributed by atoms with E-state index in [0.29, 0.717) is 17.0 Å². The number of carbonyl (C=O) groups is 1. The van der Waals surface area contributed by atoms with Crippen LogP contribution >= 0.6 is 0 Å². The van der Waals surface area contributed by atoms with E-state index in [1.807, 2.05) is 19.1 Å². The van der Waals surface area contributed by atoms with Gasteiger partial charge in [0.05, 0.1) is 5.56 Å². The fourth-order valence-electron chi connectivity index (χ4n) is 2.64. The van der Waals surface area contributed by atoms with Crippen LogP contribution in [-0.2, 0) is 12.8 Å². The maximum absolute atomic E-state index is 12.2. The fourth-order valence-corrected chi connectivity index (χ4v) is 2.64. The number of carbonyl (C=O) groups excluding carboxylic acids is 1. The number of hydrogen-bond acceptors (Lipinski definition) is 3. The zero-order valence-corrected chi connectivity index (χ0v) is 11.5. The molecule has 2 aromatic rings. The van der Waals surface area contributed by atoms with Crippen LogP contribution in [0.5, 0.6) is 5.75 Å². The largest absolute Gasteiger partial charge is 0.423 e. The number of anilines is 1. The lowest BCUT2D eigenvalue weighted by Gasteiger charge is -2.10. The van der Waals surface area contributed by atoms with Crippen molar-refractivity contribution in [3.8, 4) is 5.75 Å². The summed E-state index contributed by atoms with van der Waals surface area (Å²) in [6, 6.07) is 11.1. The molecule has 2 aromatic carbocycles. The summed E-state index contributed by atoms with van der Waals surface area (Å²) in [6.45, 7) is 1.88. The van der Waals surface area contributed by atoms with Gasteiger partial charge in [-0.25, -0.2) is 4.79 Å². The average molecular weight is 267 g/mol. The predicted molar refractivity (Wildman–Crippen MR) is 79.0 cm³/mol. The molecule has 0 spiro atoms. The van der Waals surface area contributed by atoms with E-state index < -0.39 is 0 Å². The van der Waals surface area contributed by atoms with E-state index >= 15 is 0 Å². The molecule has 1 aliphatic rings. The number of hydrogen-bond donors (Lipinski definition) is 1. The second-order valence-electron chi connectivity index (χ2n) is 5.21. The van der Waals surface area contributed by atoms with Gasteiger partial charge < -0.3 is 10.5 Å². The minimum Gasteiger partial charge on any atom is -0.423 e. The fraction of sp³-hybridized carbons (Fsp3) is 0.235. The second kappa shape index (κ2) is 5.00. The van der Waals surface area contributed by atoms with Crippen molar-refractivity contribution in [3.05, 3.63) is 58.7 Å². The average Bonchev–Trinajstić information content (AvgIpc) is 2.91. The molecule has 0 atom stereocenters. The minimum atomic E-state index is -0.326. The van der Waals surface area contributed by atoms with Crippen LogP contribution in [0, 0.1) is 6.92 Å². The molecule has 3 rings (SSSR count). The Morgan fingerprint density at radius 1 is 1.20 bits per heavy atom. The number of esters is 1. The van der Waals surface area contributed by atoms with E-state index in [-0.39, 0.29) is 5.97 Å². The van der Waals surface area contributed by atoms with Gasteiger partial charge in [0.1, 0.15) is 5.75 Å². The predicted octanol–water partition coefficient (Wildman–Crippen LogP) is 3.29. The summed E-state index contributed by atoms with van der Waals surface area (Å²) in [5, 5.41) is 0. The Balaban J connectivity index is 1.86. The van der Waals surface area contributed by atoms with Crippen molar-refractivity contribution in [2.24, 2.45) is 0 Å². The molecule has 0 bridgehead atoms. The van der Waals surface area contributed by atoms with Crippen molar-refractivity contribution >= 4 is 11.7 Å². The lowest BCUT2D eigenvalue weighted by atomic mass is 10.1. The van der Waals surface area contributed by atoms with Crippen LogP contribution in [0.15, 0.2) is 36.4 Å². The number of aryl methyl sites for hydroxylation is 2. The number of benzene rings is 2. The molecular formula is C17H17NO2. The highest BCUT2D eigenvalue weighted by molar-refractivity contribution is 5.92. The van der Waals surface area contributed by atoms with E-state index in [1.54, 1.807) is 18.2 Å². The quantitative estimate of drug-likeness (QED) is 0.516. The van der Waals surface area contributed by atoms with Crippen LogP contribution in [-0.4, -0.2) is 5.97 Å². The third kappa shape index (κ3) is 2.27. The first-order chi connectivity index (χ1) is 9.65. The first-order valence-electron chi connectivity index (χ1n) is 6.84. The smallest absolute Gasteiger partial charge is 0.343 e. The summed E-state index contributed by atoms with van der Waals surface area (Å²) in [6.07, 6.45) is 3.19. The summed E-state index contributed by atoms with van der Waals surface area (Å²) < 4.78 is 5.56. The van der Waals surface area contributed by atoms with Crippen molar-refractivity contribution in [2.75, 3.05) is 5.73 Å². The van der Waals surface area contributed by atoms with E-state index in [0.717, 1.165) is 24.8 Å². The molecule has 0 heterocycles. The van der Waals surface area contributed by atoms with Crippen LogP contribution in [0.1, 0.15) is 33.5 Å². The normalized spacial score (nSPS) is 13.1. The molecule has 0 radical (unpaired) electrons. The molecule has 3 heteroatoms. The third-order valence-corrected chi connectivity index (χ3v) is 3.81. The summed E-state index contributed by atoms with van der Waals surface area (Å²) in [5.74, 6) is 0.368. The number of nitrogens with two attached hydrogens (primary N) is 1. The topological polar surface area (TPSA) is 52.3 Å². The Kier molecular flexibility index (Phi) is 3.18. The van der Waals surface area contributed by atoms with Gasteiger partial charge in [0, 0.05) is 5.69 Å². The highest BCUT2D eigenvalue weighted by atomic mass is 16.5. The van der Waals surface area contributed by atoms with Crippen molar-refractivity contribution in [2.45, 2.75) is 26.2 Å². The summed E-state index contributed by atoms with van der Waals surface area (Å²) in [5.41, 5.74) is 10.3. The van der Waals surface area contributed by atoms with Crippen LogP contribution in [0.4, 0.5) is 5.69 Å². The van der Waals surface area contributed by atoms with Crippen molar-refractivity contribution in [1.82, 2.24) is 0 Å². The van der Waals surface area contributed by atoms with Crippen molar-refractivity contribution in [3.63, 3.8) is 0 Å². The van der Waals surface area contributed by atoms with E-state index in [2.05, 4.69) is 6.07 Å². The second-order valence-corrected chi connectivity index (χ2v) is 5.21. The molecule has 0 aliphatic heterocycles. The van der Waals surface area contributed by atoms with Crippen LogP contribution in [0.3, 0.4) is 0 Å². The first kappa shape index (κ1) is 12.7. The Bertz CT molecular complexity index is 677. The summed E-state index contributed by atoms with van der Waals surface area (Å²) >= 11 is 0. The van der Waals surface area contributed by atoms with Gasteiger partial charge in [-0.05, 0) is 67.1 Å². The number of rotatable bonds is 2. The number of nitrogen functional groups attached to an aromatic ring is 1. The maximum atomic E-state index is 12.2. The highest BCUT2D eigenvalue weighted by Gasteiger charge is 2.18. The molecular weight excluding hydrogens is 250 g/mol. The van der Waals surface area contributed by atoms with Gasteiger partial charge in [-0.1, -0.05) is 12.1 Å². The van der Waals surface area contributed by atoms with Crippen molar-refractivity contribution in [1.29, 1.82) is 0 Å². The third-order valence-electron chi connectivity index (χ3n) is 3.81. The van der Waals surface area contributed by atoms with Gasteiger partial charge in [-0.15, -0.1) is 0 Å². The minimum absolute atomic E-state index is 0.326. The molecule has 0 unspecified atom stereocenters. The molecule has 102 valence electrons. The van der Waals surface area contributed by atoms with Crippen LogP contribution in [0.25, 0.3) is 0 Å². The van der Waals surface area contributed by atoms with Crippen molar-refractivity contribution < 1.29 is 9.53 Å². The Morgan fingerprint density at radius 2 is 2.05 bits per heavy atom. The van der Waals surface area contributed by atoms with Gasteiger partial charge in [-0.2, -0.15) is 0 Å². The molecule has 0 saturated heterocycles. The first-order valence-corrected chi connectivity index (χ1v) is 6.84. The summed E-state index contributed by atoms with van der Waals surface area (Å²) in [7, 11) is 0. The Hall–Kier alpha value is -2.29. The van der Waals surface area contributed by atoms with Crippen LogP contribution < -0.4 is 10.5 Å². The lowest BCUT2D eigenvalue weighted by Crippen LogP contribution is -2.10. The monoisotopic (exact) mass is 267 g/mol. The highest BCUT2D eigenvalue weighted by Crippen LogP contribution is 2.31. The zero-order valence-electron chi connectivity index (χ0n) is 11.5. The molecule has 0 saturated carbocycles. The number of ether oxygens (including phenoxy) is 1. The lowest BCUT2D eigenvalue weighted by molar-refractivity contribution is 0.0733. The molecule has 1 aliphatic carbocycles. The standard InChI is InChI=1S/C17H17NO2/c1-11-10-13(8-9-15(11)18)17(19)20-16-7-3-5-12-4-2-6-14(12)16/h3,5,7-10H,2,4,6,18H2,1H3. The van der Waals surface area contributed by atoms with E-state index in [1.165, 1.54) is 11.1 Å². The van der Waals surface area contributed by atoms with E-state index in [9.17, 15) is 4.79 Å². The van der Waals surface area contributed by atoms with E-state index in [4.69, 9.17) is 10.5 Å². The van der Waals surface area contributed by atoms with Gasteiger partial charge in [-0.3, -0.25) is 0 Å². The molecule has 0 aromatic heterocycles. The molecule has 20 heavy (non-hydrogen) atoms. The van der Waals surface area contributed by atoms with Gasteiger partial charge >= 0.3 is 5.97 Å². The van der Waals surface area contributed by atoms with Gasteiger partial charge in [0.15, 0.2) is 0 Å².